The van der Waals surface area contributed by atoms with Gasteiger partial charge in [0.1, 0.15) is 11.5 Å². The quantitative estimate of drug-likeness (QED) is 0.791. The van der Waals surface area contributed by atoms with Gasteiger partial charge in [0, 0.05) is 5.69 Å². The van der Waals surface area contributed by atoms with E-state index in [1.54, 1.807) is 18.3 Å². The molecule has 4 rings (SSSR count). The summed E-state index contributed by atoms with van der Waals surface area (Å²) in [5, 5.41) is 3.39. The summed E-state index contributed by atoms with van der Waals surface area (Å²) < 4.78 is 11.0. The predicted molar refractivity (Wildman–Crippen MR) is 91.3 cm³/mol. The molecule has 0 saturated carbocycles. The van der Waals surface area contributed by atoms with Crippen LogP contribution in [-0.4, -0.2) is 13.0 Å². The Labute approximate surface area is 139 Å². The second-order valence-corrected chi connectivity index (χ2v) is 5.45. The molecule has 1 aromatic heterocycles. The van der Waals surface area contributed by atoms with E-state index in [1.165, 1.54) is 0 Å². The van der Waals surface area contributed by atoms with Crippen LogP contribution in [0.25, 0.3) is 0 Å². The molecule has 120 valence electrons. The number of amides is 1. The molecule has 1 aliphatic heterocycles. The van der Waals surface area contributed by atoms with E-state index in [0.717, 1.165) is 5.69 Å². The summed E-state index contributed by atoms with van der Waals surface area (Å²) in [6, 6.07) is 18.6. The number of furan rings is 1. The van der Waals surface area contributed by atoms with Crippen LogP contribution in [0.4, 0.5) is 11.4 Å². The number of anilines is 2. The van der Waals surface area contributed by atoms with Gasteiger partial charge in [-0.15, -0.1) is 0 Å². The summed E-state index contributed by atoms with van der Waals surface area (Å²) in [4.78, 5) is 14.8. The normalized spacial score (nSPS) is 16.5. The summed E-state index contributed by atoms with van der Waals surface area (Å²) in [6.45, 7) is 0. The van der Waals surface area contributed by atoms with Crippen LogP contribution in [0.1, 0.15) is 22.3 Å². The molecule has 0 saturated heterocycles. The summed E-state index contributed by atoms with van der Waals surface area (Å²) in [6.07, 6.45) is 1.15. The van der Waals surface area contributed by atoms with E-state index in [2.05, 4.69) is 5.32 Å². The fraction of sp³-hybridized carbons (Fsp3) is 0.105. The Kier molecular flexibility index (Phi) is 3.46. The highest BCUT2D eigenvalue weighted by atomic mass is 16.5. The maximum absolute atomic E-state index is 13.2. The van der Waals surface area contributed by atoms with Crippen LogP contribution < -0.4 is 15.0 Å². The van der Waals surface area contributed by atoms with Crippen molar-refractivity contribution in [1.82, 2.24) is 0 Å². The number of rotatable bonds is 3. The third kappa shape index (κ3) is 2.22. The third-order valence-electron chi connectivity index (χ3n) is 4.08. The first-order chi connectivity index (χ1) is 11.8. The molecule has 5 heteroatoms. The maximum atomic E-state index is 13.2. The Morgan fingerprint density at radius 2 is 1.83 bits per heavy atom. The van der Waals surface area contributed by atoms with Gasteiger partial charge in [-0.3, -0.25) is 9.69 Å². The zero-order valence-corrected chi connectivity index (χ0v) is 13.1. The van der Waals surface area contributed by atoms with Crippen LogP contribution in [0.2, 0.25) is 0 Å². The molecule has 0 unspecified atom stereocenters. The van der Waals surface area contributed by atoms with Crippen LogP contribution in [0.5, 0.6) is 5.75 Å². The van der Waals surface area contributed by atoms with Gasteiger partial charge in [-0.05, 0) is 36.4 Å². The van der Waals surface area contributed by atoms with Gasteiger partial charge in [0.25, 0.3) is 5.91 Å². The van der Waals surface area contributed by atoms with Gasteiger partial charge in [-0.1, -0.05) is 24.3 Å². The molecule has 3 aromatic rings. The number of nitrogens with one attached hydrogen (secondary N) is 1. The SMILES string of the molecule is COc1ccccc1N1C(=O)c2ccccc2N[C@@H]1c1ccco1. The van der Waals surface area contributed by atoms with Crippen molar-refractivity contribution in [2.24, 2.45) is 0 Å². The summed E-state index contributed by atoms with van der Waals surface area (Å²) in [5.74, 6) is 1.18. The van der Waals surface area contributed by atoms with Crippen LogP contribution in [0.15, 0.2) is 71.3 Å². The maximum Gasteiger partial charge on any atom is 0.262 e. The fourth-order valence-corrected chi connectivity index (χ4v) is 2.98. The van der Waals surface area contributed by atoms with Crippen molar-refractivity contribution in [3.63, 3.8) is 0 Å². The molecule has 0 bridgehead atoms. The van der Waals surface area contributed by atoms with Crippen molar-refractivity contribution in [1.29, 1.82) is 0 Å². The molecule has 0 aliphatic carbocycles. The van der Waals surface area contributed by atoms with Crippen molar-refractivity contribution < 1.29 is 13.9 Å². The van der Waals surface area contributed by atoms with Gasteiger partial charge in [-0.2, -0.15) is 0 Å². The van der Waals surface area contributed by atoms with E-state index in [0.29, 0.717) is 22.8 Å². The first kappa shape index (κ1) is 14.4. The van der Waals surface area contributed by atoms with E-state index < -0.39 is 6.17 Å². The molecule has 0 fully saturated rings. The number of methoxy groups -OCH3 is 1. The lowest BCUT2D eigenvalue weighted by atomic mass is 10.1. The lowest BCUT2D eigenvalue weighted by molar-refractivity contribution is 0.0971. The van der Waals surface area contributed by atoms with Gasteiger partial charge in [0.2, 0.25) is 0 Å². The molecule has 1 N–H and O–H groups in total. The van der Waals surface area contributed by atoms with Crippen LogP contribution in [0, 0.1) is 0 Å². The first-order valence-corrected chi connectivity index (χ1v) is 7.65. The number of fused-ring (bicyclic) bond motifs is 1. The Morgan fingerprint density at radius 3 is 2.62 bits per heavy atom. The number of carbonyl (C=O) groups is 1. The molecule has 2 aromatic carbocycles. The van der Waals surface area contributed by atoms with E-state index in [9.17, 15) is 4.79 Å². The van der Waals surface area contributed by atoms with Crippen LogP contribution >= 0.6 is 0 Å². The molecule has 1 atom stereocenters. The number of ether oxygens (including phenoxy) is 1. The Bertz CT molecular complexity index is 874. The molecule has 1 aliphatic rings. The second kappa shape index (κ2) is 5.77. The fourth-order valence-electron chi connectivity index (χ4n) is 2.98. The average molecular weight is 320 g/mol. The third-order valence-corrected chi connectivity index (χ3v) is 4.08. The van der Waals surface area contributed by atoms with Crippen molar-refractivity contribution in [3.05, 3.63) is 78.3 Å². The smallest absolute Gasteiger partial charge is 0.262 e. The predicted octanol–water partition coefficient (Wildman–Crippen LogP) is 4.06. The van der Waals surface area contributed by atoms with Crippen molar-refractivity contribution >= 4 is 17.3 Å². The number of benzene rings is 2. The molecular weight excluding hydrogens is 304 g/mol. The van der Waals surface area contributed by atoms with E-state index in [4.69, 9.17) is 9.15 Å². The molecule has 0 radical (unpaired) electrons. The number of para-hydroxylation sites is 3. The Hall–Kier alpha value is -3.21. The minimum atomic E-state index is -0.446. The highest BCUT2D eigenvalue weighted by Crippen LogP contribution is 2.40. The van der Waals surface area contributed by atoms with Crippen molar-refractivity contribution in [2.45, 2.75) is 6.17 Å². The van der Waals surface area contributed by atoms with Gasteiger partial charge in [-0.25, -0.2) is 0 Å². The molecular formula is C19H16N2O3. The summed E-state index contributed by atoms with van der Waals surface area (Å²) in [5.41, 5.74) is 2.09. The van der Waals surface area contributed by atoms with E-state index >= 15 is 0 Å². The van der Waals surface area contributed by atoms with Gasteiger partial charge in [0.15, 0.2) is 6.17 Å². The molecule has 0 spiro atoms. The van der Waals surface area contributed by atoms with Crippen molar-refractivity contribution in [3.8, 4) is 5.75 Å². The molecule has 24 heavy (non-hydrogen) atoms. The molecule has 2 heterocycles. The lowest BCUT2D eigenvalue weighted by Gasteiger charge is -2.37. The van der Waals surface area contributed by atoms with Crippen molar-refractivity contribution in [2.75, 3.05) is 17.3 Å². The standard InChI is InChI=1S/C19H16N2O3/c1-23-16-10-5-4-9-15(16)21-18(17-11-6-12-24-17)20-14-8-3-2-7-13(14)19(21)22/h2-12,18,20H,1H3/t18-/m0/s1. The van der Waals surface area contributed by atoms with E-state index in [-0.39, 0.29) is 5.91 Å². The minimum Gasteiger partial charge on any atom is -0.495 e. The largest absolute Gasteiger partial charge is 0.495 e. The minimum absolute atomic E-state index is 0.102. The van der Waals surface area contributed by atoms with Crippen LogP contribution in [0.3, 0.4) is 0 Å². The van der Waals surface area contributed by atoms with Gasteiger partial charge in [0.05, 0.1) is 24.6 Å². The first-order valence-electron chi connectivity index (χ1n) is 7.65. The highest BCUT2D eigenvalue weighted by molar-refractivity contribution is 6.12. The Balaban J connectivity index is 1.89. The zero-order chi connectivity index (χ0) is 16.5. The van der Waals surface area contributed by atoms with Gasteiger partial charge < -0.3 is 14.5 Å². The lowest BCUT2D eigenvalue weighted by Crippen LogP contribution is -2.43. The zero-order valence-electron chi connectivity index (χ0n) is 13.1. The van der Waals surface area contributed by atoms with E-state index in [1.807, 2.05) is 60.7 Å². The monoisotopic (exact) mass is 320 g/mol. The molecule has 5 nitrogen and oxygen atoms in total. The Morgan fingerprint density at radius 1 is 1.04 bits per heavy atom. The molecule has 1 amide bonds. The second-order valence-electron chi connectivity index (χ2n) is 5.45. The number of nitrogens with zero attached hydrogens (tertiary/aromatic N) is 1. The van der Waals surface area contributed by atoms with Gasteiger partial charge >= 0.3 is 0 Å². The summed E-state index contributed by atoms with van der Waals surface area (Å²) in [7, 11) is 1.59. The topological polar surface area (TPSA) is 54.7 Å². The average Bonchev–Trinajstić information content (AvgIpc) is 3.16. The number of hydrogen-bond acceptors (Lipinski definition) is 4. The number of hydrogen-bond donors (Lipinski definition) is 1. The number of carbonyl (C=O) groups excluding carboxylic acids is 1. The highest BCUT2D eigenvalue weighted by Gasteiger charge is 2.36. The van der Waals surface area contributed by atoms with Crippen LogP contribution in [-0.2, 0) is 0 Å². The summed E-state index contributed by atoms with van der Waals surface area (Å²) >= 11 is 0.